The molecule has 9 nitrogen and oxygen atoms in total. The molecule has 196 valence electrons. The number of nitrogens with one attached hydrogen (secondary N) is 1. The highest BCUT2D eigenvalue weighted by Crippen LogP contribution is 2.32. The van der Waals surface area contributed by atoms with Crippen LogP contribution in [-0.4, -0.2) is 50.9 Å². The summed E-state index contributed by atoms with van der Waals surface area (Å²) >= 11 is 0. The molecule has 0 aliphatic carbocycles. The molecule has 37 heavy (non-hydrogen) atoms. The lowest BCUT2D eigenvalue weighted by atomic mass is 9.99. The maximum Gasteiger partial charge on any atom is 0.252 e. The third-order valence-corrected chi connectivity index (χ3v) is 6.83. The number of ether oxygens (including phenoxy) is 2. The van der Waals surface area contributed by atoms with Crippen molar-refractivity contribution in [2.75, 3.05) is 20.8 Å². The molecular formula is C28H36N6O3. The van der Waals surface area contributed by atoms with Crippen LogP contribution in [0.1, 0.15) is 48.0 Å². The molecule has 4 rings (SSSR count). The lowest BCUT2D eigenvalue weighted by Crippen LogP contribution is -2.35. The molecule has 4 aromatic rings. The van der Waals surface area contributed by atoms with Gasteiger partial charge in [-0.1, -0.05) is 32.0 Å². The molecule has 2 aromatic carbocycles. The molecule has 9 heteroatoms. The molecule has 2 heterocycles. The number of fused-ring (bicyclic) bond motifs is 1. The molecule has 2 aromatic heterocycles. The molecule has 0 saturated carbocycles. The highest BCUT2D eigenvalue weighted by Gasteiger charge is 2.30. The fourth-order valence-corrected chi connectivity index (χ4v) is 4.81. The topological polar surface area (TPSA) is 98.2 Å². The van der Waals surface area contributed by atoms with Crippen LogP contribution in [-0.2, 0) is 24.4 Å². The molecule has 1 N–H and O–H groups in total. The third kappa shape index (κ3) is 5.89. The molecule has 0 spiro atoms. The number of benzene rings is 2. The lowest BCUT2D eigenvalue weighted by Gasteiger charge is -2.34. The SMILES string of the molecule is COCCn1nnnc1C(C(C)C)N(Cc1ccccc1OC)Cc1cc2cc(C)c(C)cc2[nH]c1=O. The van der Waals surface area contributed by atoms with Gasteiger partial charge in [0.1, 0.15) is 5.75 Å². The van der Waals surface area contributed by atoms with E-state index in [9.17, 15) is 4.79 Å². The fraction of sp³-hybridized carbons (Fsp3) is 0.429. The Morgan fingerprint density at radius 3 is 2.49 bits per heavy atom. The minimum Gasteiger partial charge on any atom is -0.496 e. The minimum atomic E-state index is -0.161. The predicted octanol–water partition coefficient (Wildman–Crippen LogP) is 4.19. The van der Waals surface area contributed by atoms with Gasteiger partial charge in [0.25, 0.3) is 5.56 Å². The zero-order chi connectivity index (χ0) is 26.5. The van der Waals surface area contributed by atoms with E-state index in [4.69, 9.17) is 9.47 Å². The largest absolute Gasteiger partial charge is 0.496 e. The van der Waals surface area contributed by atoms with Crippen molar-refractivity contribution in [2.45, 2.75) is 53.4 Å². The van der Waals surface area contributed by atoms with Gasteiger partial charge in [0.2, 0.25) is 0 Å². The molecule has 0 radical (unpaired) electrons. The van der Waals surface area contributed by atoms with Crippen LogP contribution in [0.4, 0.5) is 0 Å². The Morgan fingerprint density at radius 1 is 1.03 bits per heavy atom. The van der Waals surface area contributed by atoms with Crippen LogP contribution in [0.15, 0.2) is 47.3 Å². The number of hydrogen-bond acceptors (Lipinski definition) is 7. The van der Waals surface area contributed by atoms with E-state index in [2.05, 4.69) is 59.2 Å². The van der Waals surface area contributed by atoms with Crippen molar-refractivity contribution in [1.82, 2.24) is 30.1 Å². The Bertz CT molecular complexity index is 1410. The summed E-state index contributed by atoms with van der Waals surface area (Å²) in [4.78, 5) is 18.6. The number of aromatic amines is 1. The van der Waals surface area contributed by atoms with E-state index in [0.717, 1.165) is 33.6 Å². The van der Waals surface area contributed by atoms with Crippen molar-refractivity contribution in [3.8, 4) is 5.75 Å². The van der Waals surface area contributed by atoms with E-state index >= 15 is 0 Å². The van der Waals surface area contributed by atoms with E-state index in [-0.39, 0.29) is 17.5 Å². The van der Waals surface area contributed by atoms with Crippen molar-refractivity contribution in [1.29, 1.82) is 0 Å². The lowest BCUT2D eigenvalue weighted by molar-refractivity contribution is 0.120. The van der Waals surface area contributed by atoms with Crippen molar-refractivity contribution in [2.24, 2.45) is 5.92 Å². The van der Waals surface area contributed by atoms with E-state index in [1.807, 2.05) is 36.4 Å². The summed E-state index contributed by atoms with van der Waals surface area (Å²) in [6.07, 6.45) is 0. The summed E-state index contributed by atoms with van der Waals surface area (Å²) in [5, 5.41) is 13.6. The molecule has 0 aliphatic rings. The van der Waals surface area contributed by atoms with Gasteiger partial charge in [-0.2, -0.15) is 0 Å². The Morgan fingerprint density at radius 2 is 1.76 bits per heavy atom. The van der Waals surface area contributed by atoms with Gasteiger partial charge in [0.05, 0.1) is 26.3 Å². The van der Waals surface area contributed by atoms with Gasteiger partial charge in [-0.25, -0.2) is 4.68 Å². The predicted molar refractivity (Wildman–Crippen MR) is 144 cm³/mol. The second-order valence-corrected chi connectivity index (χ2v) is 9.81. The van der Waals surface area contributed by atoms with Crippen molar-refractivity contribution in [3.05, 3.63) is 80.9 Å². The number of aryl methyl sites for hydroxylation is 2. The van der Waals surface area contributed by atoms with Crippen LogP contribution in [0, 0.1) is 19.8 Å². The van der Waals surface area contributed by atoms with Crippen LogP contribution in [0.2, 0.25) is 0 Å². The number of rotatable bonds is 11. The third-order valence-electron chi connectivity index (χ3n) is 6.83. The maximum absolute atomic E-state index is 13.3. The van der Waals surface area contributed by atoms with E-state index < -0.39 is 0 Å². The van der Waals surface area contributed by atoms with Crippen molar-refractivity contribution in [3.63, 3.8) is 0 Å². The number of para-hydroxylation sites is 1. The van der Waals surface area contributed by atoms with Crippen molar-refractivity contribution >= 4 is 10.9 Å². The molecule has 0 saturated heterocycles. The van der Waals surface area contributed by atoms with Crippen LogP contribution in [0.3, 0.4) is 0 Å². The molecule has 0 amide bonds. The first-order valence-corrected chi connectivity index (χ1v) is 12.6. The smallest absolute Gasteiger partial charge is 0.252 e. The maximum atomic E-state index is 13.3. The summed E-state index contributed by atoms with van der Waals surface area (Å²) in [6.45, 7) is 10.4. The monoisotopic (exact) mass is 504 g/mol. The normalized spacial score (nSPS) is 12.5. The Labute approximate surface area is 217 Å². The fourth-order valence-electron chi connectivity index (χ4n) is 4.81. The van der Waals surface area contributed by atoms with Gasteiger partial charge in [-0.05, 0) is 71.0 Å². The summed E-state index contributed by atoms with van der Waals surface area (Å²) in [5.41, 5.74) is 4.80. The Balaban J connectivity index is 1.80. The summed E-state index contributed by atoms with van der Waals surface area (Å²) in [6, 6.07) is 14.0. The highest BCUT2D eigenvalue weighted by molar-refractivity contribution is 5.80. The average molecular weight is 505 g/mol. The molecule has 1 atom stereocenters. The van der Waals surface area contributed by atoms with E-state index in [0.29, 0.717) is 31.8 Å². The standard InChI is InChI=1S/C28H36N6O3/c1-18(2)26(27-30-31-32-34(27)11-12-36-5)33(16-21-9-7-8-10-25(21)37-6)17-23-15-22-13-19(3)20(4)14-24(22)29-28(23)35/h7-10,13-15,18,26H,11-12,16-17H2,1-6H3,(H,29,35). The zero-order valence-corrected chi connectivity index (χ0v) is 22.5. The molecule has 0 bridgehead atoms. The number of nitrogens with zero attached hydrogens (tertiary/aromatic N) is 5. The number of pyridine rings is 1. The molecular weight excluding hydrogens is 468 g/mol. The van der Waals surface area contributed by atoms with Gasteiger partial charge in [-0.3, -0.25) is 9.69 Å². The van der Waals surface area contributed by atoms with Crippen LogP contribution in [0.25, 0.3) is 10.9 Å². The molecule has 0 fully saturated rings. The number of methoxy groups -OCH3 is 2. The van der Waals surface area contributed by atoms with Gasteiger partial charge in [-0.15, -0.1) is 5.10 Å². The van der Waals surface area contributed by atoms with Crippen LogP contribution < -0.4 is 10.3 Å². The number of H-pyrrole nitrogens is 1. The van der Waals surface area contributed by atoms with Gasteiger partial charge in [0, 0.05) is 36.8 Å². The van der Waals surface area contributed by atoms with Crippen LogP contribution >= 0.6 is 0 Å². The first-order valence-electron chi connectivity index (χ1n) is 12.6. The van der Waals surface area contributed by atoms with Gasteiger partial charge >= 0.3 is 0 Å². The molecule has 0 aliphatic heterocycles. The summed E-state index contributed by atoms with van der Waals surface area (Å²) in [7, 11) is 3.33. The Kier molecular flexibility index (Phi) is 8.35. The van der Waals surface area contributed by atoms with Gasteiger partial charge < -0.3 is 14.5 Å². The number of aromatic nitrogens is 5. The van der Waals surface area contributed by atoms with Crippen molar-refractivity contribution < 1.29 is 9.47 Å². The zero-order valence-electron chi connectivity index (χ0n) is 22.5. The van der Waals surface area contributed by atoms with Gasteiger partial charge in [0.15, 0.2) is 5.82 Å². The summed E-state index contributed by atoms with van der Waals surface area (Å²) in [5.74, 6) is 1.70. The second kappa shape index (κ2) is 11.7. The molecule has 1 unspecified atom stereocenters. The average Bonchev–Trinajstić information content (AvgIpc) is 3.32. The highest BCUT2D eigenvalue weighted by atomic mass is 16.5. The Hall–Kier alpha value is -3.56. The second-order valence-electron chi connectivity index (χ2n) is 9.81. The van der Waals surface area contributed by atoms with E-state index in [1.54, 1.807) is 18.9 Å². The van der Waals surface area contributed by atoms with E-state index in [1.165, 1.54) is 5.56 Å². The first-order chi connectivity index (χ1) is 17.8. The van der Waals surface area contributed by atoms with Crippen LogP contribution in [0.5, 0.6) is 5.75 Å². The number of tetrazole rings is 1. The quantitative estimate of drug-likeness (QED) is 0.327. The summed E-state index contributed by atoms with van der Waals surface area (Å²) < 4.78 is 12.7. The number of hydrogen-bond donors (Lipinski definition) is 1. The first kappa shape index (κ1) is 26.5. The minimum absolute atomic E-state index is 0.0951.